The highest BCUT2D eigenvalue weighted by molar-refractivity contribution is 8.00. The van der Waals surface area contributed by atoms with Crippen molar-refractivity contribution in [1.82, 2.24) is 15.0 Å². The van der Waals surface area contributed by atoms with Gasteiger partial charge in [-0.25, -0.2) is 9.97 Å². The third-order valence-corrected chi connectivity index (χ3v) is 5.95. The molecule has 3 heterocycles. The highest BCUT2D eigenvalue weighted by Gasteiger charge is 2.11. The molecule has 0 aliphatic carbocycles. The maximum atomic E-state index is 12.5. The van der Waals surface area contributed by atoms with Crippen molar-refractivity contribution < 1.29 is 9.21 Å². The normalized spacial score (nSPS) is 11.0. The second kappa shape index (κ2) is 7.89. The number of thiazole rings is 1. The molecule has 0 aliphatic heterocycles. The molecule has 3 aromatic heterocycles. The van der Waals surface area contributed by atoms with E-state index < -0.39 is 0 Å². The van der Waals surface area contributed by atoms with Crippen LogP contribution in [0, 0.1) is 0 Å². The molecule has 1 amide bonds. The number of benzene rings is 1. The van der Waals surface area contributed by atoms with Gasteiger partial charge in [0.15, 0.2) is 5.13 Å². The molecule has 0 unspecified atom stereocenters. The first-order valence-corrected chi connectivity index (χ1v) is 10.2. The summed E-state index contributed by atoms with van der Waals surface area (Å²) in [6, 6.07) is 9.22. The zero-order valence-electron chi connectivity index (χ0n) is 14.5. The number of nitrogens with one attached hydrogen (secondary N) is 1. The van der Waals surface area contributed by atoms with Crippen molar-refractivity contribution in [3.63, 3.8) is 0 Å². The third-order valence-electron chi connectivity index (χ3n) is 3.86. The summed E-state index contributed by atoms with van der Waals surface area (Å²) in [5, 5.41) is 4.34. The molecular formula is C19H16N4O2S2. The summed E-state index contributed by atoms with van der Waals surface area (Å²) in [6.45, 7) is 2.03. The molecule has 0 aliphatic rings. The van der Waals surface area contributed by atoms with Crippen LogP contribution in [-0.4, -0.2) is 20.9 Å². The Morgan fingerprint density at radius 3 is 3.00 bits per heavy atom. The summed E-state index contributed by atoms with van der Waals surface area (Å²) in [6.07, 6.45) is 6.07. The predicted molar refractivity (Wildman–Crippen MR) is 107 cm³/mol. The van der Waals surface area contributed by atoms with Crippen molar-refractivity contribution >= 4 is 45.0 Å². The molecule has 0 spiro atoms. The van der Waals surface area contributed by atoms with Crippen LogP contribution >= 0.6 is 23.1 Å². The number of rotatable bonds is 6. The SMILES string of the molecule is CCc1cnc(CSc2cnc(NC(=O)c3ccc4ncccc4c3)s2)o1. The molecule has 4 aromatic rings. The number of carbonyl (C=O) groups excluding carboxylic acids is 1. The van der Waals surface area contributed by atoms with Gasteiger partial charge >= 0.3 is 0 Å². The number of carbonyl (C=O) groups is 1. The molecule has 0 atom stereocenters. The Labute approximate surface area is 164 Å². The number of aryl methyl sites for hydroxylation is 1. The van der Waals surface area contributed by atoms with Crippen molar-refractivity contribution in [3.05, 3.63) is 66.1 Å². The summed E-state index contributed by atoms with van der Waals surface area (Å²) in [5.41, 5.74) is 1.44. The molecule has 0 bridgehead atoms. The molecule has 0 fully saturated rings. The number of thioether (sulfide) groups is 1. The Hall–Kier alpha value is -2.71. The fourth-order valence-electron chi connectivity index (χ4n) is 2.48. The second-order valence-electron chi connectivity index (χ2n) is 5.71. The average molecular weight is 396 g/mol. The summed E-state index contributed by atoms with van der Waals surface area (Å²) in [7, 11) is 0. The van der Waals surface area contributed by atoms with Crippen molar-refractivity contribution in [2.75, 3.05) is 5.32 Å². The lowest BCUT2D eigenvalue weighted by molar-refractivity contribution is 0.102. The van der Waals surface area contributed by atoms with Crippen molar-refractivity contribution in [2.24, 2.45) is 0 Å². The van der Waals surface area contributed by atoms with E-state index in [1.165, 1.54) is 11.3 Å². The number of hydrogen-bond donors (Lipinski definition) is 1. The van der Waals surface area contributed by atoms with E-state index in [2.05, 4.69) is 20.3 Å². The van der Waals surface area contributed by atoms with Gasteiger partial charge in [0.2, 0.25) is 5.89 Å². The van der Waals surface area contributed by atoms with Crippen LogP contribution in [0.4, 0.5) is 5.13 Å². The van der Waals surface area contributed by atoms with Gasteiger partial charge in [0, 0.05) is 23.6 Å². The van der Waals surface area contributed by atoms with Gasteiger partial charge < -0.3 is 4.42 Å². The minimum Gasteiger partial charge on any atom is -0.445 e. The molecule has 0 radical (unpaired) electrons. The quantitative estimate of drug-likeness (QED) is 0.472. The van der Waals surface area contributed by atoms with E-state index in [0.29, 0.717) is 22.3 Å². The third kappa shape index (κ3) is 4.17. The maximum Gasteiger partial charge on any atom is 0.257 e. The van der Waals surface area contributed by atoms with E-state index in [0.717, 1.165) is 27.3 Å². The molecular weight excluding hydrogens is 380 g/mol. The number of nitrogens with zero attached hydrogens (tertiary/aromatic N) is 3. The molecule has 4 rings (SSSR count). The molecule has 1 N–H and O–H groups in total. The van der Waals surface area contributed by atoms with E-state index in [-0.39, 0.29) is 5.91 Å². The molecule has 136 valence electrons. The van der Waals surface area contributed by atoms with Crippen LogP contribution in [0.15, 0.2) is 57.5 Å². The van der Waals surface area contributed by atoms with Crippen LogP contribution < -0.4 is 5.32 Å². The van der Waals surface area contributed by atoms with Crippen LogP contribution in [0.3, 0.4) is 0 Å². The molecule has 8 heteroatoms. The largest absolute Gasteiger partial charge is 0.445 e. The molecule has 6 nitrogen and oxygen atoms in total. The van der Waals surface area contributed by atoms with Gasteiger partial charge in [-0.15, -0.1) is 11.8 Å². The zero-order valence-corrected chi connectivity index (χ0v) is 16.1. The highest BCUT2D eigenvalue weighted by Crippen LogP contribution is 2.31. The minimum absolute atomic E-state index is 0.188. The van der Waals surface area contributed by atoms with Gasteiger partial charge in [-0.05, 0) is 24.3 Å². The Bertz CT molecular complexity index is 1090. The monoisotopic (exact) mass is 396 g/mol. The molecule has 27 heavy (non-hydrogen) atoms. The average Bonchev–Trinajstić information content (AvgIpc) is 3.35. The number of oxazole rings is 1. The smallest absolute Gasteiger partial charge is 0.257 e. The first-order chi connectivity index (χ1) is 13.2. The number of amides is 1. The van der Waals surface area contributed by atoms with Crippen molar-refractivity contribution in [3.8, 4) is 0 Å². The maximum absolute atomic E-state index is 12.5. The fourth-order valence-corrected chi connectivity index (χ4v) is 4.20. The number of anilines is 1. The van der Waals surface area contributed by atoms with Crippen molar-refractivity contribution in [2.45, 2.75) is 23.3 Å². The summed E-state index contributed by atoms with van der Waals surface area (Å²) >= 11 is 3.01. The van der Waals surface area contributed by atoms with Crippen LogP contribution in [0.25, 0.3) is 10.9 Å². The Morgan fingerprint density at radius 1 is 1.22 bits per heavy atom. The molecule has 1 aromatic carbocycles. The summed E-state index contributed by atoms with van der Waals surface area (Å²) in [5.74, 6) is 2.02. The van der Waals surface area contributed by atoms with Crippen LogP contribution in [-0.2, 0) is 12.2 Å². The number of pyridine rings is 1. The Balaban J connectivity index is 1.39. The van der Waals surface area contributed by atoms with E-state index in [4.69, 9.17) is 4.42 Å². The first-order valence-electron chi connectivity index (χ1n) is 8.39. The Morgan fingerprint density at radius 2 is 2.15 bits per heavy atom. The van der Waals surface area contributed by atoms with Gasteiger partial charge in [0.1, 0.15) is 5.76 Å². The molecule has 0 saturated carbocycles. The standard InChI is InChI=1S/C19H16N4O2S2/c1-2-14-9-21-16(25-14)11-26-17-10-22-19(27-17)23-18(24)13-5-6-15-12(8-13)4-3-7-20-15/h3-10H,2,11H2,1H3,(H,22,23,24). The zero-order chi connectivity index (χ0) is 18.6. The van der Waals surface area contributed by atoms with E-state index in [1.54, 1.807) is 36.4 Å². The lowest BCUT2D eigenvalue weighted by Crippen LogP contribution is -2.11. The minimum atomic E-state index is -0.188. The van der Waals surface area contributed by atoms with E-state index in [9.17, 15) is 4.79 Å². The lowest BCUT2D eigenvalue weighted by Gasteiger charge is -2.03. The van der Waals surface area contributed by atoms with Crippen LogP contribution in [0.1, 0.15) is 28.9 Å². The van der Waals surface area contributed by atoms with E-state index >= 15 is 0 Å². The fraction of sp³-hybridized carbons (Fsp3) is 0.158. The Kier molecular flexibility index (Phi) is 5.17. The van der Waals surface area contributed by atoms with Gasteiger partial charge in [-0.3, -0.25) is 15.1 Å². The highest BCUT2D eigenvalue weighted by atomic mass is 32.2. The number of hydrogen-bond acceptors (Lipinski definition) is 7. The van der Waals surface area contributed by atoms with Crippen molar-refractivity contribution in [1.29, 1.82) is 0 Å². The second-order valence-corrected chi connectivity index (χ2v) is 8.02. The van der Waals surface area contributed by atoms with Gasteiger partial charge in [-0.2, -0.15) is 0 Å². The molecule has 0 saturated heterocycles. The van der Waals surface area contributed by atoms with Gasteiger partial charge in [-0.1, -0.05) is 24.3 Å². The van der Waals surface area contributed by atoms with Crippen LogP contribution in [0.2, 0.25) is 0 Å². The topological polar surface area (TPSA) is 80.9 Å². The number of fused-ring (bicyclic) bond motifs is 1. The van der Waals surface area contributed by atoms with Gasteiger partial charge in [0.05, 0.1) is 27.9 Å². The number of aromatic nitrogens is 3. The van der Waals surface area contributed by atoms with Gasteiger partial charge in [0.25, 0.3) is 5.91 Å². The van der Waals surface area contributed by atoms with E-state index in [1.807, 2.05) is 31.2 Å². The summed E-state index contributed by atoms with van der Waals surface area (Å²) < 4.78 is 6.59. The lowest BCUT2D eigenvalue weighted by atomic mass is 10.1. The predicted octanol–water partition coefficient (Wildman–Crippen LogP) is 4.79. The summed E-state index contributed by atoms with van der Waals surface area (Å²) in [4.78, 5) is 25.3. The van der Waals surface area contributed by atoms with Crippen LogP contribution in [0.5, 0.6) is 0 Å². The first kappa shape index (κ1) is 17.7.